The number of para-hydroxylation sites is 1. The minimum atomic E-state index is -0.434. The van der Waals surface area contributed by atoms with Gasteiger partial charge in [-0.1, -0.05) is 18.2 Å². The third-order valence-electron chi connectivity index (χ3n) is 3.28. The van der Waals surface area contributed by atoms with Crippen molar-refractivity contribution in [2.45, 2.75) is 13.0 Å². The summed E-state index contributed by atoms with van der Waals surface area (Å²) in [5, 5.41) is 15.1. The van der Waals surface area contributed by atoms with Crippen LogP contribution in [0.1, 0.15) is 18.7 Å². The maximum Gasteiger partial charge on any atom is 0.311 e. The molecule has 0 saturated carbocycles. The molecule has 2 aromatic heterocycles. The number of furan rings is 1. The molecule has 1 unspecified atom stereocenters. The molecular weight excluding hydrogens is 270 g/mol. The highest BCUT2D eigenvalue weighted by Crippen LogP contribution is 2.34. The Morgan fingerprint density at radius 1 is 1.29 bits per heavy atom. The van der Waals surface area contributed by atoms with Crippen LogP contribution in [0, 0.1) is 10.1 Å². The fraction of sp³-hybridized carbons (Fsp3) is 0.133. The number of anilines is 1. The maximum absolute atomic E-state index is 11.2. The Labute approximate surface area is 120 Å². The van der Waals surface area contributed by atoms with Crippen LogP contribution in [0.4, 0.5) is 11.4 Å². The van der Waals surface area contributed by atoms with Gasteiger partial charge in [0, 0.05) is 5.39 Å². The van der Waals surface area contributed by atoms with Gasteiger partial charge in [-0.3, -0.25) is 10.1 Å². The molecule has 0 fully saturated rings. The Kier molecular flexibility index (Phi) is 3.27. The van der Waals surface area contributed by atoms with E-state index in [0.29, 0.717) is 22.4 Å². The average Bonchev–Trinajstić information content (AvgIpc) is 3.01. The van der Waals surface area contributed by atoms with Gasteiger partial charge in [0.05, 0.1) is 22.7 Å². The van der Waals surface area contributed by atoms with Gasteiger partial charge < -0.3 is 9.73 Å². The summed E-state index contributed by atoms with van der Waals surface area (Å²) in [6.07, 6.45) is 2.85. The van der Waals surface area contributed by atoms with Gasteiger partial charge in [0.2, 0.25) is 0 Å². The molecule has 21 heavy (non-hydrogen) atoms. The van der Waals surface area contributed by atoms with E-state index < -0.39 is 4.92 Å². The Balaban J connectivity index is 2.10. The predicted octanol–water partition coefficient (Wildman–Crippen LogP) is 3.91. The number of benzene rings is 1. The molecule has 0 aliphatic carbocycles. The Bertz CT molecular complexity index is 784. The van der Waals surface area contributed by atoms with E-state index in [1.807, 2.05) is 37.3 Å². The minimum Gasteiger partial charge on any atom is -0.467 e. The first-order valence-electron chi connectivity index (χ1n) is 6.49. The zero-order valence-corrected chi connectivity index (χ0v) is 11.3. The monoisotopic (exact) mass is 283 g/mol. The van der Waals surface area contributed by atoms with Crippen LogP contribution < -0.4 is 5.32 Å². The van der Waals surface area contributed by atoms with Crippen LogP contribution in [-0.2, 0) is 0 Å². The van der Waals surface area contributed by atoms with Crippen LogP contribution in [0.25, 0.3) is 10.9 Å². The molecule has 1 aromatic carbocycles. The second-order valence-electron chi connectivity index (χ2n) is 4.67. The number of aromatic nitrogens is 1. The summed E-state index contributed by atoms with van der Waals surface area (Å²) in [6, 6.07) is 10.7. The van der Waals surface area contributed by atoms with Crippen molar-refractivity contribution < 1.29 is 9.34 Å². The van der Waals surface area contributed by atoms with Crippen molar-refractivity contribution in [1.82, 2.24) is 4.98 Å². The molecule has 6 nitrogen and oxygen atoms in total. The van der Waals surface area contributed by atoms with E-state index in [9.17, 15) is 10.1 Å². The summed E-state index contributed by atoms with van der Waals surface area (Å²) in [5.41, 5.74) is 1.11. The van der Waals surface area contributed by atoms with Crippen molar-refractivity contribution in [3.05, 3.63) is 64.7 Å². The molecular formula is C15H13N3O3. The average molecular weight is 283 g/mol. The third kappa shape index (κ3) is 2.43. The summed E-state index contributed by atoms with van der Waals surface area (Å²) in [5.74, 6) is 0.713. The summed E-state index contributed by atoms with van der Waals surface area (Å²) >= 11 is 0. The molecule has 1 atom stereocenters. The lowest BCUT2D eigenvalue weighted by molar-refractivity contribution is -0.384. The van der Waals surface area contributed by atoms with Crippen molar-refractivity contribution in [2.75, 3.05) is 5.32 Å². The number of pyridine rings is 1. The van der Waals surface area contributed by atoms with E-state index in [0.717, 1.165) is 0 Å². The number of hydrogen-bond donors (Lipinski definition) is 1. The van der Waals surface area contributed by atoms with E-state index >= 15 is 0 Å². The number of rotatable bonds is 4. The highest BCUT2D eigenvalue weighted by molar-refractivity contribution is 5.95. The third-order valence-corrected chi connectivity index (χ3v) is 3.28. The van der Waals surface area contributed by atoms with Gasteiger partial charge in [-0.25, -0.2) is 4.98 Å². The minimum absolute atomic E-state index is 0.0490. The standard InChI is InChI=1S/C15H13N3O3/c1-10(14-7-4-8-21-14)17-15-11-5-2-3-6-12(11)16-9-13(15)18(19)20/h2-10H,1H3,(H,16,17). The van der Waals surface area contributed by atoms with Crippen molar-refractivity contribution in [3.63, 3.8) is 0 Å². The fourth-order valence-electron chi connectivity index (χ4n) is 2.25. The van der Waals surface area contributed by atoms with Crippen molar-refractivity contribution in [2.24, 2.45) is 0 Å². The SMILES string of the molecule is CC(Nc1c([N+](=O)[O-])cnc2ccccc12)c1ccco1. The van der Waals surface area contributed by atoms with E-state index in [1.54, 1.807) is 12.3 Å². The summed E-state index contributed by atoms with van der Waals surface area (Å²) in [7, 11) is 0. The van der Waals surface area contributed by atoms with Gasteiger partial charge in [0.25, 0.3) is 0 Å². The molecule has 0 aliphatic rings. The van der Waals surface area contributed by atoms with Crippen LogP contribution in [0.2, 0.25) is 0 Å². The van der Waals surface area contributed by atoms with Crippen LogP contribution in [-0.4, -0.2) is 9.91 Å². The van der Waals surface area contributed by atoms with Gasteiger partial charge in [-0.2, -0.15) is 0 Å². The van der Waals surface area contributed by atoms with Crippen molar-refractivity contribution >= 4 is 22.3 Å². The molecule has 3 rings (SSSR count). The molecule has 0 radical (unpaired) electrons. The summed E-state index contributed by atoms with van der Waals surface area (Å²) < 4.78 is 5.33. The lowest BCUT2D eigenvalue weighted by Crippen LogP contribution is -2.08. The molecule has 2 heterocycles. The second-order valence-corrected chi connectivity index (χ2v) is 4.67. The van der Waals surface area contributed by atoms with Crippen LogP contribution in [0.3, 0.4) is 0 Å². The van der Waals surface area contributed by atoms with Crippen LogP contribution in [0.5, 0.6) is 0 Å². The molecule has 106 valence electrons. The number of hydrogen-bond acceptors (Lipinski definition) is 5. The van der Waals surface area contributed by atoms with Crippen LogP contribution >= 0.6 is 0 Å². The van der Waals surface area contributed by atoms with E-state index in [-0.39, 0.29) is 11.7 Å². The number of nitrogens with one attached hydrogen (secondary N) is 1. The summed E-state index contributed by atoms with van der Waals surface area (Å²) in [6.45, 7) is 1.89. The summed E-state index contributed by atoms with van der Waals surface area (Å²) in [4.78, 5) is 14.9. The first-order chi connectivity index (χ1) is 10.2. The molecule has 0 saturated heterocycles. The molecule has 0 amide bonds. The Morgan fingerprint density at radius 2 is 2.10 bits per heavy atom. The fourth-order valence-corrected chi connectivity index (χ4v) is 2.25. The molecule has 3 aromatic rings. The topological polar surface area (TPSA) is 81.2 Å². The van der Waals surface area contributed by atoms with E-state index in [2.05, 4.69) is 10.3 Å². The van der Waals surface area contributed by atoms with Crippen LogP contribution in [0.15, 0.2) is 53.3 Å². The maximum atomic E-state index is 11.2. The highest BCUT2D eigenvalue weighted by atomic mass is 16.6. The quantitative estimate of drug-likeness (QED) is 0.580. The molecule has 0 aliphatic heterocycles. The Morgan fingerprint density at radius 3 is 2.81 bits per heavy atom. The van der Waals surface area contributed by atoms with Gasteiger partial charge >= 0.3 is 5.69 Å². The van der Waals surface area contributed by atoms with E-state index in [1.165, 1.54) is 6.20 Å². The first-order valence-corrected chi connectivity index (χ1v) is 6.49. The van der Waals surface area contributed by atoms with Gasteiger partial charge in [-0.05, 0) is 25.1 Å². The first kappa shape index (κ1) is 13.1. The van der Waals surface area contributed by atoms with Gasteiger partial charge in [0.15, 0.2) is 0 Å². The molecule has 0 bridgehead atoms. The number of nitrogens with zero attached hydrogens (tertiary/aromatic N) is 2. The van der Waals surface area contributed by atoms with Crippen molar-refractivity contribution in [1.29, 1.82) is 0 Å². The van der Waals surface area contributed by atoms with Gasteiger partial charge in [-0.15, -0.1) is 0 Å². The van der Waals surface area contributed by atoms with Crippen molar-refractivity contribution in [3.8, 4) is 0 Å². The number of fused-ring (bicyclic) bond motifs is 1. The normalized spacial score (nSPS) is 12.2. The lowest BCUT2D eigenvalue weighted by Gasteiger charge is -2.14. The largest absolute Gasteiger partial charge is 0.467 e. The number of nitro groups is 1. The Hall–Kier alpha value is -2.89. The molecule has 1 N–H and O–H groups in total. The lowest BCUT2D eigenvalue weighted by atomic mass is 10.1. The highest BCUT2D eigenvalue weighted by Gasteiger charge is 2.20. The smallest absolute Gasteiger partial charge is 0.311 e. The molecule has 0 spiro atoms. The molecule has 6 heteroatoms. The van der Waals surface area contributed by atoms with E-state index in [4.69, 9.17) is 4.42 Å². The zero-order valence-electron chi connectivity index (χ0n) is 11.3. The predicted molar refractivity (Wildman–Crippen MR) is 79.1 cm³/mol. The zero-order chi connectivity index (χ0) is 14.8. The second kappa shape index (κ2) is 5.24. The van der Waals surface area contributed by atoms with Gasteiger partial charge in [0.1, 0.15) is 17.6 Å².